The second-order valence-corrected chi connectivity index (χ2v) is 9.56. The number of piperazine rings is 1. The molecule has 5 nitrogen and oxygen atoms in total. The third-order valence-corrected chi connectivity index (χ3v) is 6.74. The third kappa shape index (κ3) is 5.12. The molecule has 2 aliphatic rings. The molecule has 0 spiro atoms. The van der Waals surface area contributed by atoms with E-state index in [1.165, 1.54) is 13.8 Å². The minimum Gasteiger partial charge on any atom is -0.381 e. The molecule has 2 fully saturated rings. The van der Waals surface area contributed by atoms with E-state index in [0.29, 0.717) is 22.0 Å². The Labute approximate surface area is 178 Å². The Morgan fingerprint density at radius 3 is 2.64 bits per heavy atom. The van der Waals surface area contributed by atoms with Gasteiger partial charge in [0.1, 0.15) is 5.60 Å². The summed E-state index contributed by atoms with van der Waals surface area (Å²) in [5, 5.41) is 13.9. The number of nitrogens with one attached hydrogen (secondary N) is 1. The molecule has 1 heterocycles. The summed E-state index contributed by atoms with van der Waals surface area (Å²) in [5.74, 6) is 0.378. The van der Waals surface area contributed by atoms with Crippen molar-refractivity contribution in [2.24, 2.45) is 5.92 Å². The largest absolute Gasteiger partial charge is 0.381 e. The number of hydrogen-bond donors (Lipinski definition) is 2. The van der Waals surface area contributed by atoms with Crippen LogP contribution < -0.4 is 10.2 Å². The van der Waals surface area contributed by atoms with Gasteiger partial charge >= 0.3 is 0 Å². The minimum absolute atomic E-state index is 0.213. The summed E-state index contributed by atoms with van der Waals surface area (Å²) in [6.45, 7) is 9.32. The maximum absolute atomic E-state index is 11.8. The van der Waals surface area contributed by atoms with Gasteiger partial charge in [-0.2, -0.15) is 0 Å². The van der Waals surface area contributed by atoms with Crippen molar-refractivity contribution in [3.63, 3.8) is 0 Å². The number of nitrogens with zero attached hydrogens (tertiary/aromatic N) is 2. The van der Waals surface area contributed by atoms with Crippen LogP contribution >= 0.6 is 23.2 Å². The molecule has 1 aliphatic carbocycles. The number of benzene rings is 1. The molecule has 0 aromatic heterocycles. The Balaban J connectivity index is 1.40. The minimum atomic E-state index is -1.30. The van der Waals surface area contributed by atoms with E-state index in [4.69, 9.17) is 23.2 Å². The van der Waals surface area contributed by atoms with E-state index in [9.17, 15) is 9.90 Å². The zero-order valence-electron chi connectivity index (χ0n) is 16.9. The summed E-state index contributed by atoms with van der Waals surface area (Å²) >= 11 is 12.6. The highest BCUT2D eigenvalue weighted by Gasteiger charge is 2.34. The molecular weight excluding hydrogens is 397 g/mol. The zero-order valence-corrected chi connectivity index (χ0v) is 18.4. The van der Waals surface area contributed by atoms with Crippen molar-refractivity contribution in [2.75, 3.05) is 31.1 Å². The molecular formula is C21H31Cl2N3O2. The maximum atomic E-state index is 11.8. The summed E-state index contributed by atoms with van der Waals surface area (Å²) in [4.78, 5) is 16.7. The van der Waals surface area contributed by atoms with Crippen LogP contribution in [0.1, 0.15) is 40.0 Å². The Kier molecular flexibility index (Phi) is 6.80. The van der Waals surface area contributed by atoms with Gasteiger partial charge in [-0.1, -0.05) is 29.3 Å². The van der Waals surface area contributed by atoms with Gasteiger partial charge in [0.15, 0.2) is 0 Å². The summed E-state index contributed by atoms with van der Waals surface area (Å²) < 4.78 is 0. The lowest BCUT2D eigenvalue weighted by Crippen LogP contribution is -2.53. The first-order chi connectivity index (χ1) is 13.1. The quantitative estimate of drug-likeness (QED) is 0.728. The van der Waals surface area contributed by atoms with Crippen molar-refractivity contribution in [1.82, 2.24) is 10.2 Å². The molecule has 156 valence electrons. The first-order valence-corrected chi connectivity index (χ1v) is 10.9. The average Bonchev–Trinajstić information content (AvgIpc) is 2.58. The SMILES string of the molecule is CC1CN(CCC2CC(NC(=O)C(C)(C)O)C2)CCN1c1cccc(Cl)c1Cl. The van der Waals surface area contributed by atoms with Gasteiger partial charge in [0.2, 0.25) is 0 Å². The first-order valence-electron chi connectivity index (χ1n) is 10.1. The average molecular weight is 428 g/mol. The molecule has 1 saturated heterocycles. The van der Waals surface area contributed by atoms with Crippen LogP contribution in [0.25, 0.3) is 0 Å². The Morgan fingerprint density at radius 2 is 2.00 bits per heavy atom. The molecule has 1 unspecified atom stereocenters. The molecule has 1 aromatic carbocycles. The van der Waals surface area contributed by atoms with E-state index in [-0.39, 0.29) is 11.9 Å². The van der Waals surface area contributed by atoms with Crippen LogP contribution in [0.3, 0.4) is 0 Å². The number of rotatable bonds is 6. The van der Waals surface area contributed by atoms with Crippen LogP contribution in [0.15, 0.2) is 18.2 Å². The normalized spacial score (nSPS) is 26.1. The third-order valence-electron chi connectivity index (χ3n) is 5.93. The van der Waals surface area contributed by atoms with Gasteiger partial charge in [-0.05, 0) is 64.6 Å². The number of aliphatic hydroxyl groups is 1. The topological polar surface area (TPSA) is 55.8 Å². The van der Waals surface area contributed by atoms with E-state index in [1.54, 1.807) is 0 Å². The monoisotopic (exact) mass is 427 g/mol. The van der Waals surface area contributed by atoms with Crippen LogP contribution in [0, 0.1) is 5.92 Å². The van der Waals surface area contributed by atoms with Crippen LogP contribution in [-0.4, -0.2) is 59.8 Å². The molecule has 3 rings (SSSR count). The molecule has 28 heavy (non-hydrogen) atoms. The number of hydrogen-bond acceptors (Lipinski definition) is 4. The number of anilines is 1. The van der Waals surface area contributed by atoms with E-state index >= 15 is 0 Å². The molecule has 1 atom stereocenters. The lowest BCUT2D eigenvalue weighted by atomic mass is 9.78. The summed E-state index contributed by atoms with van der Waals surface area (Å²) in [6, 6.07) is 6.41. The fraction of sp³-hybridized carbons (Fsp3) is 0.667. The van der Waals surface area contributed by atoms with Crippen molar-refractivity contribution in [3.05, 3.63) is 28.2 Å². The van der Waals surface area contributed by atoms with Gasteiger partial charge in [0, 0.05) is 31.7 Å². The highest BCUT2D eigenvalue weighted by Crippen LogP contribution is 2.35. The fourth-order valence-electron chi connectivity index (χ4n) is 4.12. The van der Waals surface area contributed by atoms with Gasteiger partial charge in [-0.3, -0.25) is 9.69 Å². The molecule has 0 radical (unpaired) electrons. The molecule has 1 aliphatic heterocycles. The Bertz CT molecular complexity index is 701. The predicted molar refractivity (Wildman–Crippen MR) is 115 cm³/mol. The number of carbonyl (C=O) groups is 1. The standard InChI is InChI=1S/C21H31Cl2N3O2/c1-14-13-25(9-10-26(14)18-6-4-5-17(22)19(18)23)8-7-15-11-16(12-15)24-20(27)21(2,3)28/h4-6,14-16,28H,7-13H2,1-3H3,(H,24,27). The molecule has 2 N–H and O–H groups in total. The van der Waals surface area contributed by atoms with Crippen LogP contribution in [0.4, 0.5) is 5.69 Å². The lowest BCUT2D eigenvalue weighted by Gasteiger charge is -2.43. The summed E-state index contributed by atoms with van der Waals surface area (Å²) in [5.41, 5.74) is -0.280. The van der Waals surface area contributed by atoms with Crippen LogP contribution in [0.5, 0.6) is 0 Å². The number of halogens is 2. The molecule has 1 aromatic rings. The second kappa shape index (κ2) is 8.78. The predicted octanol–water partition coefficient (Wildman–Crippen LogP) is 3.56. The van der Waals surface area contributed by atoms with E-state index in [0.717, 1.165) is 51.1 Å². The van der Waals surface area contributed by atoms with E-state index < -0.39 is 5.60 Å². The van der Waals surface area contributed by atoms with E-state index in [1.807, 2.05) is 18.2 Å². The van der Waals surface area contributed by atoms with Gasteiger partial charge in [0.05, 0.1) is 15.7 Å². The Hall–Kier alpha value is -1.01. The van der Waals surface area contributed by atoms with Gasteiger partial charge in [-0.25, -0.2) is 0 Å². The number of amides is 1. The summed E-state index contributed by atoms with van der Waals surface area (Å²) in [7, 11) is 0. The maximum Gasteiger partial charge on any atom is 0.251 e. The number of carbonyl (C=O) groups excluding carboxylic acids is 1. The smallest absolute Gasteiger partial charge is 0.251 e. The highest BCUT2D eigenvalue weighted by atomic mass is 35.5. The van der Waals surface area contributed by atoms with Crippen molar-refractivity contribution >= 4 is 34.8 Å². The summed E-state index contributed by atoms with van der Waals surface area (Å²) in [6.07, 6.45) is 3.17. The fourth-order valence-corrected chi connectivity index (χ4v) is 4.53. The van der Waals surface area contributed by atoms with Crippen LogP contribution in [0.2, 0.25) is 10.0 Å². The second-order valence-electron chi connectivity index (χ2n) is 8.77. The first kappa shape index (κ1) is 21.7. The zero-order chi connectivity index (χ0) is 20.5. The van der Waals surface area contributed by atoms with Gasteiger partial charge in [0.25, 0.3) is 5.91 Å². The molecule has 0 bridgehead atoms. The van der Waals surface area contributed by atoms with Crippen LogP contribution in [-0.2, 0) is 4.79 Å². The van der Waals surface area contributed by atoms with Gasteiger partial charge in [-0.15, -0.1) is 0 Å². The molecule has 1 saturated carbocycles. The Morgan fingerprint density at radius 1 is 1.29 bits per heavy atom. The van der Waals surface area contributed by atoms with Crippen molar-refractivity contribution in [2.45, 2.75) is 57.7 Å². The van der Waals surface area contributed by atoms with Crippen molar-refractivity contribution in [3.8, 4) is 0 Å². The molecule has 7 heteroatoms. The van der Waals surface area contributed by atoms with Crippen molar-refractivity contribution in [1.29, 1.82) is 0 Å². The van der Waals surface area contributed by atoms with Gasteiger partial charge < -0.3 is 15.3 Å². The highest BCUT2D eigenvalue weighted by molar-refractivity contribution is 6.43. The lowest BCUT2D eigenvalue weighted by molar-refractivity contribution is -0.138. The molecule has 1 amide bonds. The van der Waals surface area contributed by atoms with Crippen molar-refractivity contribution < 1.29 is 9.90 Å². The van der Waals surface area contributed by atoms with E-state index in [2.05, 4.69) is 22.0 Å².